The van der Waals surface area contributed by atoms with Crippen LogP contribution in [-0.2, 0) is 4.79 Å². The van der Waals surface area contributed by atoms with Gasteiger partial charge in [0.2, 0.25) is 0 Å². The molecule has 0 aromatic rings. The fraction of sp³-hybridized carbons (Fsp3) is 0.750. The first-order chi connectivity index (χ1) is 4.95. The van der Waals surface area contributed by atoms with Gasteiger partial charge in [0.15, 0.2) is 0 Å². The Labute approximate surface area is 48.5 Å². The molecule has 0 aromatic heterocycles. The van der Waals surface area contributed by atoms with Crippen LogP contribution in [0.4, 0.5) is 0 Å². The summed E-state index contributed by atoms with van der Waals surface area (Å²) in [5.74, 6) is -0.389. The highest BCUT2D eigenvalue weighted by atomic mass is 16.1. The van der Waals surface area contributed by atoms with Crippen LogP contribution >= 0.6 is 0 Å². The third-order valence-corrected chi connectivity index (χ3v) is 0.642. The first-order valence-electron chi connectivity index (χ1n) is 3.76. The third-order valence-electron chi connectivity index (χ3n) is 0.642. The number of Topliss-reactive ketones (excluding diaryl/α,β-unsaturated/α-hetero) is 1. The standard InChI is InChI=1S/C4H10N2O/c1-3(7)4(6)2-5/h4H,2,5-6H2,1H3/i/hD4. The quantitative estimate of drug-likeness (QED) is 0.476. The Morgan fingerprint density at radius 3 is 3.00 bits per heavy atom. The highest BCUT2D eigenvalue weighted by Gasteiger charge is 2.01. The van der Waals surface area contributed by atoms with Crippen LogP contribution in [-0.4, -0.2) is 18.4 Å². The summed E-state index contributed by atoms with van der Waals surface area (Å²) >= 11 is 0. The molecule has 7 heavy (non-hydrogen) atoms. The maximum Gasteiger partial charge on any atom is 0.147 e. The Balaban J connectivity index is 4.01. The molecule has 0 aliphatic heterocycles. The lowest BCUT2D eigenvalue weighted by Gasteiger charge is -1.99. The minimum atomic E-state index is -1.01. The van der Waals surface area contributed by atoms with Crippen molar-refractivity contribution in [1.82, 2.24) is 0 Å². The van der Waals surface area contributed by atoms with Crippen molar-refractivity contribution < 1.29 is 10.4 Å². The van der Waals surface area contributed by atoms with E-state index in [1.165, 1.54) is 6.92 Å². The molecule has 0 aromatic carbocycles. The summed E-state index contributed by atoms with van der Waals surface area (Å²) in [7, 11) is 0. The van der Waals surface area contributed by atoms with Gasteiger partial charge in [-0.3, -0.25) is 4.79 Å². The van der Waals surface area contributed by atoms with Gasteiger partial charge >= 0.3 is 0 Å². The summed E-state index contributed by atoms with van der Waals surface area (Å²) in [4.78, 5) is 10.6. The van der Waals surface area contributed by atoms with Gasteiger partial charge in [0, 0.05) is 6.54 Å². The lowest BCUT2D eigenvalue weighted by molar-refractivity contribution is -0.117. The first kappa shape index (κ1) is 2.24. The molecular formula is C4H10N2O. The molecule has 3 nitrogen and oxygen atoms in total. The van der Waals surface area contributed by atoms with E-state index in [4.69, 9.17) is 5.65 Å². The van der Waals surface area contributed by atoms with Gasteiger partial charge in [-0.1, -0.05) is 0 Å². The van der Waals surface area contributed by atoms with Crippen molar-refractivity contribution in [2.24, 2.45) is 11.4 Å². The molecule has 4 N–H and O–H groups in total. The molecule has 0 rings (SSSR count). The summed E-state index contributed by atoms with van der Waals surface area (Å²) in [6.45, 7) is 0.979. The van der Waals surface area contributed by atoms with E-state index >= 15 is 0 Å². The summed E-state index contributed by atoms with van der Waals surface area (Å²) in [5.41, 5.74) is 0.487. The van der Waals surface area contributed by atoms with E-state index in [2.05, 4.69) is 0 Å². The van der Waals surface area contributed by atoms with Gasteiger partial charge < -0.3 is 11.4 Å². The van der Waals surface area contributed by atoms with Crippen LogP contribution in [0.1, 0.15) is 6.92 Å². The Bertz CT molecular complexity index is 140. The Kier molecular flexibility index (Phi) is 0.867. The maximum absolute atomic E-state index is 10.6. The average Bonchev–Trinajstić information content (AvgIpc) is 1.81. The molecular weight excluding hydrogens is 92.1 g/mol. The Hall–Kier alpha value is -0.410. The molecule has 3 heteroatoms. The predicted octanol–water partition coefficient (Wildman–Crippen LogP) is -1.14. The number of rotatable bonds is 4. The van der Waals surface area contributed by atoms with Gasteiger partial charge in [-0.15, -0.1) is 0 Å². The Morgan fingerprint density at radius 1 is 2.14 bits per heavy atom. The molecule has 42 valence electrons. The minimum absolute atomic E-state index is 0.207. The lowest BCUT2D eigenvalue weighted by atomic mass is 10.2. The van der Waals surface area contributed by atoms with Crippen LogP contribution in [0, 0.1) is 0 Å². The zero-order chi connectivity index (χ0) is 9.02. The second-order valence-electron chi connectivity index (χ2n) is 1.31. The van der Waals surface area contributed by atoms with Crippen molar-refractivity contribution in [2.45, 2.75) is 13.0 Å². The van der Waals surface area contributed by atoms with E-state index in [1.54, 1.807) is 0 Å². The third kappa shape index (κ3) is 2.31. The first-order valence-corrected chi connectivity index (χ1v) is 1.98. The molecule has 0 saturated heterocycles. The van der Waals surface area contributed by atoms with E-state index in [-0.39, 0.29) is 23.8 Å². The molecule has 0 radical (unpaired) electrons. The SMILES string of the molecule is [2H]N([2H])CC(C(C)=O)N([2H])[2H]. The molecule has 0 bridgehead atoms. The lowest BCUT2D eigenvalue weighted by Crippen LogP contribution is -2.35. The van der Waals surface area contributed by atoms with Crippen molar-refractivity contribution in [3.05, 3.63) is 0 Å². The monoisotopic (exact) mass is 106 g/mol. The van der Waals surface area contributed by atoms with E-state index in [0.29, 0.717) is 0 Å². The van der Waals surface area contributed by atoms with Crippen LogP contribution in [0.3, 0.4) is 0 Å². The van der Waals surface area contributed by atoms with Crippen molar-refractivity contribution in [3.8, 4) is 0 Å². The van der Waals surface area contributed by atoms with Crippen molar-refractivity contribution >= 4 is 5.78 Å². The summed E-state index contributed by atoms with van der Waals surface area (Å²) in [6.07, 6.45) is 0. The number of carbonyl (C=O) groups excluding carboxylic acids is 1. The normalized spacial score (nSPS) is 22.7. The topological polar surface area (TPSA) is 69.1 Å². The average molecular weight is 106 g/mol. The largest absolute Gasteiger partial charge is 0.328 e. The second kappa shape index (κ2) is 2.71. The van der Waals surface area contributed by atoms with Crippen molar-refractivity contribution in [1.29, 1.82) is 0 Å². The highest BCUT2D eigenvalue weighted by Crippen LogP contribution is 1.72. The van der Waals surface area contributed by atoms with E-state index in [0.717, 1.165) is 0 Å². The van der Waals surface area contributed by atoms with Crippen LogP contribution in [0.2, 0.25) is 5.65 Å². The fourth-order valence-electron chi connectivity index (χ4n) is 0.129. The second-order valence-corrected chi connectivity index (χ2v) is 1.31. The smallest absolute Gasteiger partial charge is 0.147 e. The minimum Gasteiger partial charge on any atom is -0.328 e. The zero-order valence-corrected chi connectivity index (χ0v) is 4.09. The highest BCUT2D eigenvalue weighted by molar-refractivity contribution is 5.81. The fourth-order valence-corrected chi connectivity index (χ4v) is 0.129. The molecule has 0 fully saturated rings. The van der Waals surface area contributed by atoms with Crippen LogP contribution in [0.15, 0.2) is 0 Å². The molecule has 1 atom stereocenters. The molecule has 1 unspecified atom stereocenters. The molecule has 0 spiro atoms. The summed E-state index contributed by atoms with van der Waals surface area (Å²) in [6, 6.07) is -1.01. The molecule has 0 amide bonds. The molecule has 0 aliphatic carbocycles. The predicted molar refractivity (Wildman–Crippen MR) is 27.7 cm³/mol. The van der Waals surface area contributed by atoms with E-state index in [9.17, 15) is 4.79 Å². The number of nitrogens with two attached hydrogens (primary N) is 2. The van der Waals surface area contributed by atoms with Gasteiger partial charge in [0.1, 0.15) is 11.4 Å². The summed E-state index contributed by atoms with van der Waals surface area (Å²) < 4.78 is 26.8. The van der Waals surface area contributed by atoms with Gasteiger partial charge in [0.05, 0.1) is 6.04 Å². The van der Waals surface area contributed by atoms with Crippen LogP contribution in [0.5, 0.6) is 0 Å². The summed E-state index contributed by atoms with van der Waals surface area (Å²) in [5, 5.41) is 0. The number of hydrogen-bond donors (Lipinski definition) is 2. The van der Waals surface area contributed by atoms with Gasteiger partial charge in [-0.25, -0.2) is 0 Å². The number of hydrogen-bond acceptors (Lipinski definition) is 3. The van der Waals surface area contributed by atoms with Crippen LogP contribution in [0.25, 0.3) is 0 Å². The van der Waals surface area contributed by atoms with Crippen molar-refractivity contribution in [3.63, 3.8) is 0 Å². The van der Waals surface area contributed by atoms with E-state index in [1.807, 2.05) is 0 Å². The molecule has 0 saturated carbocycles. The van der Waals surface area contributed by atoms with Gasteiger partial charge in [0.25, 0.3) is 0 Å². The molecule has 0 heterocycles. The number of ketones is 1. The molecule has 0 aliphatic rings. The van der Waals surface area contributed by atoms with Crippen molar-refractivity contribution in [2.75, 3.05) is 6.54 Å². The van der Waals surface area contributed by atoms with Gasteiger partial charge in [-0.05, 0) is 6.92 Å². The maximum atomic E-state index is 10.6. The van der Waals surface area contributed by atoms with Gasteiger partial charge in [-0.2, -0.15) is 0 Å². The van der Waals surface area contributed by atoms with E-state index < -0.39 is 6.04 Å². The van der Waals surface area contributed by atoms with Crippen LogP contribution < -0.4 is 11.4 Å². The zero-order valence-electron chi connectivity index (χ0n) is 8.09. The Morgan fingerprint density at radius 2 is 2.86 bits per heavy atom. The number of carbonyl (C=O) groups is 1.